The summed E-state index contributed by atoms with van der Waals surface area (Å²) >= 11 is 0. The summed E-state index contributed by atoms with van der Waals surface area (Å²) in [5, 5.41) is 29.6. The van der Waals surface area contributed by atoms with Crippen LogP contribution in [0.4, 0.5) is 0 Å². The van der Waals surface area contributed by atoms with E-state index in [1.807, 2.05) is 6.92 Å². The fourth-order valence-corrected chi connectivity index (χ4v) is 5.97. The van der Waals surface area contributed by atoms with E-state index in [1.54, 1.807) is 6.08 Å². The summed E-state index contributed by atoms with van der Waals surface area (Å²) in [5.41, 5.74) is 0.786. The van der Waals surface area contributed by atoms with Crippen LogP contribution in [0.3, 0.4) is 0 Å². The number of hydrogen-bond donors (Lipinski definition) is 3. The molecule has 0 radical (unpaired) electrons. The van der Waals surface area contributed by atoms with Crippen LogP contribution in [0.5, 0.6) is 0 Å². The molecular weight excluding hydrogens is 288 g/mol. The lowest BCUT2D eigenvalue weighted by molar-refractivity contribution is -0.169. The van der Waals surface area contributed by atoms with E-state index in [4.69, 9.17) is 5.11 Å². The van der Waals surface area contributed by atoms with Crippen molar-refractivity contribution in [2.45, 2.75) is 78.2 Å². The summed E-state index contributed by atoms with van der Waals surface area (Å²) < 4.78 is 0. The third-order valence-corrected chi connectivity index (χ3v) is 7.10. The van der Waals surface area contributed by atoms with Gasteiger partial charge in [0, 0.05) is 0 Å². The van der Waals surface area contributed by atoms with Gasteiger partial charge in [0.15, 0.2) is 0 Å². The average molecular weight is 325 g/mol. The molecule has 3 nitrogen and oxygen atoms in total. The Morgan fingerprint density at radius 3 is 2.39 bits per heavy atom. The highest BCUT2D eigenvalue weighted by Gasteiger charge is 2.57. The van der Waals surface area contributed by atoms with E-state index in [-0.39, 0.29) is 24.5 Å². The first-order valence-corrected chi connectivity index (χ1v) is 9.29. The predicted octanol–water partition coefficient (Wildman–Crippen LogP) is 3.67. The lowest BCUT2D eigenvalue weighted by Crippen LogP contribution is -2.57. The SMILES string of the molecule is CC1(C)CCC[C@@]2(C)[C@@H]1CC[C@@](C)(O)[C@@H]2CC/C(=C/CO)CO. The van der Waals surface area contributed by atoms with Gasteiger partial charge in [-0.05, 0) is 73.7 Å². The first-order chi connectivity index (χ1) is 10.7. The first kappa shape index (κ1) is 19.0. The molecule has 0 unspecified atom stereocenters. The number of aliphatic hydroxyl groups is 3. The van der Waals surface area contributed by atoms with Crippen molar-refractivity contribution < 1.29 is 15.3 Å². The van der Waals surface area contributed by atoms with Gasteiger partial charge in [-0.2, -0.15) is 0 Å². The van der Waals surface area contributed by atoms with E-state index in [9.17, 15) is 10.2 Å². The summed E-state index contributed by atoms with van der Waals surface area (Å²) in [7, 11) is 0. The minimum atomic E-state index is -0.627. The van der Waals surface area contributed by atoms with Crippen molar-refractivity contribution in [3.8, 4) is 0 Å². The molecule has 2 aliphatic rings. The van der Waals surface area contributed by atoms with Crippen molar-refractivity contribution in [1.82, 2.24) is 0 Å². The molecule has 0 saturated heterocycles. The highest BCUT2D eigenvalue weighted by Crippen LogP contribution is 2.62. The Labute approximate surface area is 141 Å². The van der Waals surface area contributed by atoms with Gasteiger partial charge in [0.25, 0.3) is 0 Å². The maximum Gasteiger partial charge on any atom is 0.0653 e. The summed E-state index contributed by atoms with van der Waals surface area (Å²) in [4.78, 5) is 0. The van der Waals surface area contributed by atoms with E-state index in [1.165, 1.54) is 19.3 Å². The van der Waals surface area contributed by atoms with Crippen molar-refractivity contribution in [2.75, 3.05) is 13.2 Å². The number of fused-ring (bicyclic) bond motifs is 1. The van der Waals surface area contributed by atoms with Gasteiger partial charge in [-0.15, -0.1) is 0 Å². The second-order valence-electron chi connectivity index (χ2n) is 9.09. The normalized spacial score (nSPS) is 40.7. The molecule has 2 rings (SSSR count). The van der Waals surface area contributed by atoms with Crippen LogP contribution in [0.1, 0.15) is 72.6 Å². The first-order valence-electron chi connectivity index (χ1n) is 9.29. The van der Waals surface area contributed by atoms with Crippen molar-refractivity contribution in [3.05, 3.63) is 11.6 Å². The third-order valence-electron chi connectivity index (χ3n) is 7.10. The fraction of sp³-hybridized carbons (Fsp3) is 0.900. The molecule has 0 heterocycles. The Morgan fingerprint density at radius 2 is 1.78 bits per heavy atom. The van der Waals surface area contributed by atoms with E-state index in [0.717, 1.165) is 31.3 Å². The zero-order valence-electron chi connectivity index (χ0n) is 15.4. The van der Waals surface area contributed by atoms with Crippen LogP contribution < -0.4 is 0 Å². The van der Waals surface area contributed by atoms with E-state index >= 15 is 0 Å². The van der Waals surface area contributed by atoms with E-state index in [0.29, 0.717) is 11.3 Å². The van der Waals surface area contributed by atoms with Crippen molar-refractivity contribution >= 4 is 0 Å². The Morgan fingerprint density at radius 1 is 1.09 bits per heavy atom. The summed E-state index contributed by atoms with van der Waals surface area (Å²) in [6.45, 7) is 9.18. The van der Waals surface area contributed by atoms with Gasteiger partial charge in [-0.3, -0.25) is 0 Å². The standard InChI is InChI=1S/C20H36O3/c1-18(2)10-5-11-19(3)16(18)8-12-20(4,23)17(19)7-6-15(14-22)9-13-21/h9,16-17,21-23H,5-8,10-14H2,1-4H3/b15-9-/t16-,17-,19+,20-/m1/s1. The number of aliphatic hydroxyl groups excluding tert-OH is 2. The molecule has 2 fully saturated rings. The summed E-state index contributed by atoms with van der Waals surface area (Å²) in [5.74, 6) is 0.912. The summed E-state index contributed by atoms with van der Waals surface area (Å²) in [6.07, 6.45) is 9.08. The molecule has 2 aliphatic carbocycles. The van der Waals surface area contributed by atoms with Crippen LogP contribution in [0.15, 0.2) is 11.6 Å². The predicted molar refractivity (Wildman–Crippen MR) is 94.1 cm³/mol. The van der Waals surface area contributed by atoms with Gasteiger partial charge in [-0.1, -0.05) is 33.3 Å². The molecule has 0 aromatic heterocycles. The molecule has 23 heavy (non-hydrogen) atoms. The molecule has 3 heteroatoms. The van der Waals surface area contributed by atoms with Crippen molar-refractivity contribution in [2.24, 2.45) is 22.7 Å². The zero-order chi connectivity index (χ0) is 17.3. The minimum Gasteiger partial charge on any atom is -0.392 e. The lowest BCUT2D eigenvalue weighted by atomic mass is 9.45. The Balaban J connectivity index is 2.24. The van der Waals surface area contributed by atoms with Gasteiger partial charge < -0.3 is 15.3 Å². The van der Waals surface area contributed by atoms with Gasteiger partial charge in [0.1, 0.15) is 0 Å². The number of rotatable bonds is 5. The van der Waals surface area contributed by atoms with Crippen molar-refractivity contribution in [1.29, 1.82) is 0 Å². The molecular formula is C20H36O3. The molecule has 0 aromatic rings. The lowest BCUT2D eigenvalue weighted by Gasteiger charge is -2.61. The molecule has 0 spiro atoms. The Kier molecular flexibility index (Phi) is 5.65. The largest absolute Gasteiger partial charge is 0.392 e. The smallest absolute Gasteiger partial charge is 0.0653 e. The zero-order valence-corrected chi connectivity index (χ0v) is 15.4. The van der Waals surface area contributed by atoms with Gasteiger partial charge >= 0.3 is 0 Å². The Hall–Kier alpha value is -0.380. The second kappa shape index (κ2) is 6.85. The molecule has 0 aliphatic heterocycles. The highest BCUT2D eigenvalue weighted by atomic mass is 16.3. The maximum absolute atomic E-state index is 11.1. The molecule has 134 valence electrons. The third kappa shape index (κ3) is 3.67. The van der Waals surface area contributed by atoms with Gasteiger partial charge in [-0.25, -0.2) is 0 Å². The highest BCUT2D eigenvalue weighted by molar-refractivity contribution is 5.09. The topological polar surface area (TPSA) is 60.7 Å². The van der Waals surface area contributed by atoms with Crippen LogP contribution in [0.25, 0.3) is 0 Å². The monoisotopic (exact) mass is 324 g/mol. The fourth-order valence-electron chi connectivity index (χ4n) is 5.97. The van der Waals surface area contributed by atoms with Gasteiger partial charge in [0.05, 0.1) is 18.8 Å². The van der Waals surface area contributed by atoms with Crippen LogP contribution >= 0.6 is 0 Å². The molecule has 0 bridgehead atoms. The van der Waals surface area contributed by atoms with Crippen molar-refractivity contribution in [3.63, 3.8) is 0 Å². The molecule has 0 aromatic carbocycles. The van der Waals surface area contributed by atoms with Crippen LogP contribution in [0.2, 0.25) is 0 Å². The van der Waals surface area contributed by atoms with Crippen LogP contribution in [-0.2, 0) is 0 Å². The van der Waals surface area contributed by atoms with E-state index in [2.05, 4.69) is 20.8 Å². The molecule has 0 amide bonds. The van der Waals surface area contributed by atoms with Gasteiger partial charge in [0.2, 0.25) is 0 Å². The maximum atomic E-state index is 11.1. The molecule has 4 atom stereocenters. The second-order valence-corrected chi connectivity index (χ2v) is 9.09. The number of hydrogen-bond acceptors (Lipinski definition) is 3. The average Bonchev–Trinajstić information content (AvgIpc) is 2.43. The van der Waals surface area contributed by atoms with E-state index < -0.39 is 5.60 Å². The van der Waals surface area contributed by atoms with Crippen LogP contribution in [0, 0.1) is 22.7 Å². The quantitative estimate of drug-likeness (QED) is 0.676. The Bertz CT molecular complexity index is 438. The molecule has 3 N–H and O–H groups in total. The van der Waals surface area contributed by atoms with Crippen LogP contribution in [-0.4, -0.2) is 34.1 Å². The minimum absolute atomic E-state index is 0.00105. The summed E-state index contributed by atoms with van der Waals surface area (Å²) in [6, 6.07) is 0. The molecule has 2 saturated carbocycles.